The van der Waals surface area contributed by atoms with Crippen LogP contribution < -0.4 is 0 Å². The molecule has 0 spiro atoms. The van der Waals surface area contributed by atoms with Crippen molar-refractivity contribution in [2.45, 2.75) is 47.0 Å². The van der Waals surface area contributed by atoms with E-state index in [0.717, 1.165) is 23.7 Å². The van der Waals surface area contributed by atoms with Crippen molar-refractivity contribution in [3.63, 3.8) is 0 Å². The molecule has 1 saturated carbocycles. The topological polar surface area (TPSA) is 0 Å². The van der Waals surface area contributed by atoms with E-state index >= 15 is 0 Å². The van der Waals surface area contributed by atoms with Crippen LogP contribution in [0.15, 0.2) is 0 Å². The quantitative estimate of drug-likeness (QED) is 0.579. The summed E-state index contributed by atoms with van der Waals surface area (Å²) in [6.07, 6.45) is 4.30. The third-order valence-corrected chi connectivity index (χ3v) is 3.40. The molecule has 0 aliphatic heterocycles. The predicted molar refractivity (Wildman–Crippen MR) is 50.5 cm³/mol. The molecule has 2 unspecified atom stereocenters. The lowest BCUT2D eigenvalue weighted by Gasteiger charge is -2.12. The van der Waals surface area contributed by atoms with Gasteiger partial charge in [0.05, 0.1) is 0 Å². The predicted octanol–water partition coefficient (Wildman–Crippen LogP) is 3.71. The minimum Gasteiger partial charge on any atom is -0.0651 e. The summed E-state index contributed by atoms with van der Waals surface area (Å²) >= 11 is 0. The van der Waals surface area contributed by atoms with Crippen LogP contribution >= 0.6 is 0 Å². The SMILES string of the molecule is CCC(CC)C1CC1C(C)C. The highest BCUT2D eigenvalue weighted by Gasteiger charge is 2.42. The molecule has 0 radical (unpaired) electrons. The first-order chi connectivity index (χ1) is 5.20. The lowest BCUT2D eigenvalue weighted by Crippen LogP contribution is -2.03. The van der Waals surface area contributed by atoms with Crippen LogP contribution in [0.5, 0.6) is 0 Å². The summed E-state index contributed by atoms with van der Waals surface area (Å²) in [5, 5.41) is 0. The Bertz CT molecular complexity index is 111. The van der Waals surface area contributed by atoms with Gasteiger partial charge in [0.1, 0.15) is 0 Å². The lowest BCUT2D eigenvalue weighted by atomic mass is 9.93. The van der Waals surface area contributed by atoms with Crippen LogP contribution in [0.25, 0.3) is 0 Å². The summed E-state index contributed by atoms with van der Waals surface area (Å²) in [6, 6.07) is 0. The zero-order valence-corrected chi connectivity index (χ0v) is 8.43. The fourth-order valence-corrected chi connectivity index (χ4v) is 2.44. The summed E-state index contributed by atoms with van der Waals surface area (Å²) < 4.78 is 0. The van der Waals surface area contributed by atoms with Gasteiger partial charge in [-0.05, 0) is 30.1 Å². The van der Waals surface area contributed by atoms with Crippen LogP contribution in [-0.2, 0) is 0 Å². The van der Waals surface area contributed by atoms with E-state index in [4.69, 9.17) is 0 Å². The first kappa shape index (κ1) is 9.09. The molecule has 1 rings (SSSR count). The maximum absolute atomic E-state index is 2.37. The third-order valence-electron chi connectivity index (χ3n) is 3.40. The fourth-order valence-electron chi connectivity index (χ4n) is 2.44. The second-order valence-corrected chi connectivity index (χ2v) is 4.38. The Balaban J connectivity index is 2.29. The smallest absolute Gasteiger partial charge is 0.0352 e. The molecule has 2 atom stereocenters. The van der Waals surface area contributed by atoms with E-state index < -0.39 is 0 Å². The van der Waals surface area contributed by atoms with Gasteiger partial charge < -0.3 is 0 Å². The summed E-state index contributed by atoms with van der Waals surface area (Å²) in [6.45, 7) is 9.41. The molecule has 11 heavy (non-hydrogen) atoms. The summed E-state index contributed by atoms with van der Waals surface area (Å²) in [4.78, 5) is 0. The Morgan fingerprint density at radius 1 is 1.09 bits per heavy atom. The Hall–Kier alpha value is 0. The maximum Gasteiger partial charge on any atom is -0.0352 e. The molecule has 0 aromatic carbocycles. The molecular formula is C11H22. The first-order valence-corrected chi connectivity index (χ1v) is 5.20. The van der Waals surface area contributed by atoms with E-state index in [1.807, 2.05) is 0 Å². The van der Waals surface area contributed by atoms with Gasteiger partial charge in [-0.15, -0.1) is 0 Å². The zero-order valence-electron chi connectivity index (χ0n) is 8.43. The molecule has 66 valence electrons. The van der Waals surface area contributed by atoms with Crippen molar-refractivity contribution in [2.75, 3.05) is 0 Å². The van der Waals surface area contributed by atoms with Crippen molar-refractivity contribution in [3.8, 4) is 0 Å². The highest BCUT2D eigenvalue weighted by Crippen LogP contribution is 2.50. The average molecular weight is 154 g/mol. The van der Waals surface area contributed by atoms with Crippen molar-refractivity contribution in [3.05, 3.63) is 0 Å². The summed E-state index contributed by atoms with van der Waals surface area (Å²) in [5.41, 5.74) is 0. The molecule has 0 aromatic heterocycles. The summed E-state index contributed by atoms with van der Waals surface area (Å²) in [7, 11) is 0. The van der Waals surface area contributed by atoms with E-state index in [1.54, 1.807) is 0 Å². The molecule has 0 nitrogen and oxygen atoms in total. The van der Waals surface area contributed by atoms with Gasteiger partial charge in [0.2, 0.25) is 0 Å². The molecule has 0 saturated heterocycles. The van der Waals surface area contributed by atoms with Gasteiger partial charge in [0.25, 0.3) is 0 Å². The molecule has 0 amide bonds. The van der Waals surface area contributed by atoms with Crippen molar-refractivity contribution in [2.24, 2.45) is 23.7 Å². The number of hydrogen-bond donors (Lipinski definition) is 0. The van der Waals surface area contributed by atoms with E-state index in [0.29, 0.717) is 0 Å². The van der Waals surface area contributed by atoms with Gasteiger partial charge in [0, 0.05) is 0 Å². The number of rotatable bonds is 4. The second kappa shape index (κ2) is 3.60. The van der Waals surface area contributed by atoms with Gasteiger partial charge in [-0.1, -0.05) is 40.5 Å². The molecule has 0 heteroatoms. The maximum atomic E-state index is 2.37. The first-order valence-electron chi connectivity index (χ1n) is 5.20. The average Bonchev–Trinajstić information content (AvgIpc) is 2.70. The molecule has 0 bridgehead atoms. The Morgan fingerprint density at radius 2 is 1.64 bits per heavy atom. The molecule has 0 aromatic rings. The highest BCUT2D eigenvalue weighted by atomic mass is 14.5. The second-order valence-electron chi connectivity index (χ2n) is 4.38. The van der Waals surface area contributed by atoms with Crippen molar-refractivity contribution in [1.29, 1.82) is 0 Å². The molecular weight excluding hydrogens is 132 g/mol. The normalized spacial score (nSPS) is 30.0. The standard InChI is InChI=1S/C11H22/c1-5-9(6-2)11-7-10(11)8(3)4/h8-11H,5-7H2,1-4H3. The molecule has 1 fully saturated rings. The molecule has 0 N–H and O–H groups in total. The van der Waals surface area contributed by atoms with Crippen LogP contribution in [0.2, 0.25) is 0 Å². The van der Waals surface area contributed by atoms with Gasteiger partial charge in [0.15, 0.2) is 0 Å². The van der Waals surface area contributed by atoms with Crippen LogP contribution in [0.1, 0.15) is 47.0 Å². The van der Waals surface area contributed by atoms with E-state index in [9.17, 15) is 0 Å². The van der Waals surface area contributed by atoms with Crippen molar-refractivity contribution >= 4 is 0 Å². The van der Waals surface area contributed by atoms with Gasteiger partial charge >= 0.3 is 0 Å². The summed E-state index contributed by atoms with van der Waals surface area (Å²) in [5.74, 6) is 4.12. The molecule has 0 heterocycles. The lowest BCUT2D eigenvalue weighted by molar-refractivity contribution is 0.378. The Labute approximate surface area is 71.4 Å². The van der Waals surface area contributed by atoms with Gasteiger partial charge in [-0.25, -0.2) is 0 Å². The molecule has 1 aliphatic rings. The van der Waals surface area contributed by atoms with Crippen molar-refractivity contribution < 1.29 is 0 Å². The van der Waals surface area contributed by atoms with E-state index in [2.05, 4.69) is 27.7 Å². The Kier molecular flexibility index (Phi) is 2.98. The van der Waals surface area contributed by atoms with Crippen molar-refractivity contribution in [1.82, 2.24) is 0 Å². The van der Waals surface area contributed by atoms with Crippen LogP contribution in [0, 0.1) is 23.7 Å². The van der Waals surface area contributed by atoms with Crippen LogP contribution in [0.3, 0.4) is 0 Å². The molecule has 1 aliphatic carbocycles. The minimum absolute atomic E-state index is 0.931. The van der Waals surface area contributed by atoms with E-state index in [-0.39, 0.29) is 0 Å². The largest absolute Gasteiger partial charge is 0.0651 e. The zero-order chi connectivity index (χ0) is 8.43. The minimum atomic E-state index is 0.931. The van der Waals surface area contributed by atoms with Crippen LogP contribution in [-0.4, -0.2) is 0 Å². The highest BCUT2D eigenvalue weighted by molar-refractivity contribution is 4.91. The third kappa shape index (κ3) is 1.98. The van der Waals surface area contributed by atoms with Gasteiger partial charge in [-0.3, -0.25) is 0 Å². The van der Waals surface area contributed by atoms with E-state index in [1.165, 1.54) is 19.3 Å². The fraction of sp³-hybridized carbons (Fsp3) is 1.00. The monoisotopic (exact) mass is 154 g/mol. The van der Waals surface area contributed by atoms with Gasteiger partial charge in [-0.2, -0.15) is 0 Å². The number of hydrogen-bond acceptors (Lipinski definition) is 0. The van der Waals surface area contributed by atoms with Crippen LogP contribution in [0.4, 0.5) is 0 Å². The Morgan fingerprint density at radius 3 is 1.91 bits per heavy atom.